The molecule has 0 spiro atoms. The summed E-state index contributed by atoms with van der Waals surface area (Å²) in [6.07, 6.45) is 2.76. The zero-order valence-corrected chi connectivity index (χ0v) is 11.6. The van der Waals surface area contributed by atoms with E-state index in [4.69, 9.17) is 11.4 Å². The number of nitrogens with two attached hydrogens (primary N) is 1. The van der Waals surface area contributed by atoms with Crippen LogP contribution in [-0.4, -0.2) is 18.4 Å². The normalized spacial score (nSPS) is 9.57. The van der Waals surface area contributed by atoms with E-state index >= 15 is 0 Å². The highest BCUT2D eigenvalue weighted by Gasteiger charge is 2.04. The van der Waals surface area contributed by atoms with Gasteiger partial charge in [0.25, 0.3) is 5.91 Å². The first-order chi connectivity index (χ1) is 10.2. The minimum Gasteiger partial charge on any atom is -0.352 e. The number of carbonyl (C=O) groups is 2. The van der Waals surface area contributed by atoms with Gasteiger partial charge < -0.3 is 5.32 Å². The molecule has 21 heavy (non-hydrogen) atoms. The van der Waals surface area contributed by atoms with Crippen LogP contribution in [0.25, 0.3) is 10.4 Å². The Kier molecular flexibility index (Phi) is 7.34. The second kappa shape index (κ2) is 9.35. The summed E-state index contributed by atoms with van der Waals surface area (Å²) >= 11 is 0. The molecule has 1 aromatic rings. The fourth-order valence-electron chi connectivity index (χ4n) is 1.69. The third-order valence-corrected chi connectivity index (χ3v) is 2.82. The molecule has 0 aliphatic carbocycles. The van der Waals surface area contributed by atoms with E-state index in [0.717, 1.165) is 19.3 Å². The lowest BCUT2D eigenvalue weighted by molar-refractivity contribution is -0.121. The Morgan fingerprint density at radius 2 is 1.90 bits per heavy atom. The highest BCUT2D eigenvalue weighted by atomic mass is 16.2. The molecule has 8 nitrogen and oxygen atoms in total. The number of rotatable bonds is 8. The van der Waals surface area contributed by atoms with E-state index in [1.165, 1.54) is 0 Å². The standard InChI is InChI=1S/C13H18N6O2/c14-17-12(20)4-2-1-3-9-16-13(21)10-5-7-11(8-6-10)18-19-15/h5-8H,1-4,9,14H2,(H,16,21)(H,17,20). The third-order valence-electron chi connectivity index (χ3n) is 2.82. The van der Waals surface area contributed by atoms with Gasteiger partial charge in [-0.3, -0.25) is 15.0 Å². The lowest BCUT2D eigenvalue weighted by atomic mass is 10.1. The first-order valence-corrected chi connectivity index (χ1v) is 6.60. The van der Waals surface area contributed by atoms with Gasteiger partial charge in [0.1, 0.15) is 0 Å². The quantitative estimate of drug-likeness (QED) is 0.128. The smallest absolute Gasteiger partial charge is 0.251 e. The zero-order chi connectivity index (χ0) is 15.5. The maximum atomic E-state index is 11.8. The molecule has 1 aromatic carbocycles. The highest BCUT2D eigenvalue weighted by molar-refractivity contribution is 5.94. The Balaban J connectivity index is 2.24. The molecule has 0 atom stereocenters. The minimum atomic E-state index is -0.181. The van der Waals surface area contributed by atoms with Crippen molar-refractivity contribution in [1.29, 1.82) is 0 Å². The summed E-state index contributed by atoms with van der Waals surface area (Å²) < 4.78 is 0. The van der Waals surface area contributed by atoms with Crippen LogP contribution < -0.4 is 16.6 Å². The molecule has 2 amide bonds. The van der Waals surface area contributed by atoms with Gasteiger partial charge in [-0.2, -0.15) is 0 Å². The lowest BCUT2D eigenvalue weighted by Crippen LogP contribution is -2.29. The van der Waals surface area contributed by atoms with Gasteiger partial charge in [-0.1, -0.05) is 23.7 Å². The van der Waals surface area contributed by atoms with E-state index < -0.39 is 0 Å². The van der Waals surface area contributed by atoms with E-state index in [2.05, 4.69) is 20.8 Å². The van der Waals surface area contributed by atoms with Crippen molar-refractivity contribution in [2.24, 2.45) is 11.0 Å². The Hall–Kier alpha value is -2.57. The topological polar surface area (TPSA) is 133 Å². The van der Waals surface area contributed by atoms with Crippen molar-refractivity contribution in [2.45, 2.75) is 25.7 Å². The number of benzene rings is 1. The molecule has 0 radical (unpaired) electrons. The van der Waals surface area contributed by atoms with Crippen molar-refractivity contribution < 1.29 is 9.59 Å². The monoisotopic (exact) mass is 290 g/mol. The van der Waals surface area contributed by atoms with Gasteiger partial charge in [0.2, 0.25) is 5.91 Å². The number of nitrogens with one attached hydrogen (secondary N) is 2. The van der Waals surface area contributed by atoms with Crippen LogP contribution >= 0.6 is 0 Å². The predicted molar refractivity (Wildman–Crippen MR) is 78.4 cm³/mol. The van der Waals surface area contributed by atoms with Gasteiger partial charge in [-0.05, 0) is 30.5 Å². The van der Waals surface area contributed by atoms with Gasteiger partial charge in [-0.15, -0.1) is 0 Å². The third kappa shape index (κ3) is 6.42. The van der Waals surface area contributed by atoms with Gasteiger partial charge in [0.05, 0.1) is 0 Å². The summed E-state index contributed by atoms with van der Waals surface area (Å²) in [7, 11) is 0. The van der Waals surface area contributed by atoms with E-state index in [0.29, 0.717) is 24.2 Å². The number of nitrogens with zero attached hydrogens (tertiary/aromatic N) is 3. The lowest BCUT2D eigenvalue weighted by Gasteiger charge is -2.05. The van der Waals surface area contributed by atoms with Crippen LogP contribution in [0.2, 0.25) is 0 Å². The number of hydrazine groups is 1. The molecule has 0 unspecified atom stereocenters. The summed E-state index contributed by atoms with van der Waals surface area (Å²) in [5.41, 5.74) is 11.3. The van der Waals surface area contributed by atoms with Crippen LogP contribution in [0, 0.1) is 0 Å². The van der Waals surface area contributed by atoms with Gasteiger partial charge in [0, 0.05) is 29.1 Å². The average molecular weight is 290 g/mol. The Morgan fingerprint density at radius 3 is 2.52 bits per heavy atom. The van der Waals surface area contributed by atoms with Gasteiger partial charge >= 0.3 is 0 Å². The summed E-state index contributed by atoms with van der Waals surface area (Å²) in [6, 6.07) is 6.37. The molecule has 8 heteroatoms. The maximum absolute atomic E-state index is 11.8. The molecular weight excluding hydrogens is 272 g/mol. The molecule has 0 aliphatic rings. The first-order valence-electron chi connectivity index (χ1n) is 6.60. The van der Waals surface area contributed by atoms with E-state index in [-0.39, 0.29) is 11.8 Å². The number of azide groups is 1. The summed E-state index contributed by atoms with van der Waals surface area (Å²) in [4.78, 5) is 25.3. The molecule has 0 aromatic heterocycles. The van der Waals surface area contributed by atoms with Gasteiger partial charge in [0.15, 0.2) is 0 Å². The second-order valence-corrected chi connectivity index (χ2v) is 4.37. The molecule has 4 N–H and O–H groups in total. The first kappa shape index (κ1) is 16.5. The zero-order valence-electron chi connectivity index (χ0n) is 11.6. The minimum absolute atomic E-state index is 0.179. The summed E-state index contributed by atoms with van der Waals surface area (Å²) in [6.45, 7) is 0.543. The van der Waals surface area contributed by atoms with Crippen LogP contribution in [0.3, 0.4) is 0 Å². The summed E-state index contributed by atoms with van der Waals surface area (Å²) in [5, 5.41) is 6.22. The van der Waals surface area contributed by atoms with E-state index in [1.54, 1.807) is 24.3 Å². The largest absolute Gasteiger partial charge is 0.352 e. The number of amides is 2. The number of unbranched alkanes of at least 4 members (excludes halogenated alkanes) is 2. The molecular formula is C13H18N6O2. The number of hydrogen-bond donors (Lipinski definition) is 3. The Labute approximate surface area is 122 Å². The van der Waals surface area contributed by atoms with Crippen molar-refractivity contribution >= 4 is 17.5 Å². The second-order valence-electron chi connectivity index (χ2n) is 4.37. The van der Waals surface area contributed by atoms with Crippen LogP contribution in [0.5, 0.6) is 0 Å². The molecule has 0 heterocycles. The molecule has 0 bridgehead atoms. The van der Waals surface area contributed by atoms with Crippen molar-refractivity contribution in [3.63, 3.8) is 0 Å². The summed E-state index contributed by atoms with van der Waals surface area (Å²) in [5.74, 6) is 4.60. The maximum Gasteiger partial charge on any atom is 0.251 e. The molecule has 0 aliphatic heterocycles. The Morgan fingerprint density at radius 1 is 1.19 bits per heavy atom. The van der Waals surface area contributed by atoms with Crippen LogP contribution in [0.1, 0.15) is 36.0 Å². The SMILES string of the molecule is [N-]=[N+]=Nc1ccc(C(=O)NCCCCCC(=O)NN)cc1. The molecule has 0 saturated heterocycles. The van der Waals surface area contributed by atoms with Crippen molar-refractivity contribution in [3.05, 3.63) is 40.3 Å². The van der Waals surface area contributed by atoms with Crippen molar-refractivity contribution in [2.75, 3.05) is 6.54 Å². The van der Waals surface area contributed by atoms with E-state index in [1.807, 2.05) is 0 Å². The average Bonchev–Trinajstić information content (AvgIpc) is 2.51. The molecule has 0 fully saturated rings. The van der Waals surface area contributed by atoms with E-state index in [9.17, 15) is 9.59 Å². The van der Waals surface area contributed by atoms with Crippen molar-refractivity contribution in [1.82, 2.24) is 10.7 Å². The highest BCUT2D eigenvalue weighted by Crippen LogP contribution is 2.12. The van der Waals surface area contributed by atoms with Crippen LogP contribution in [0.4, 0.5) is 5.69 Å². The van der Waals surface area contributed by atoms with Gasteiger partial charge in [-0.25, -0.2) is 5.84 Å². The van der Waals surface area contributed by atoms with Crippen molar-refractivity contribution in [3.8, 4) is 0 Å². The fourth-order valence-corrected chi connectivity index (χ4v) is 1.69. The number of hydrogen-bond acceptors (Lipinski definition) is 4. The Bertz CT molecular complexity index is 522. The number of carbonyl (C=O) groups excluding carboxylic acids is 2. The van der Waals surface area contributed by atoms with Crippen LogP contribution in [-0.2, 0) is 4.79 Å². The fraction of sp³-hybridized carbons (Fsp3) is 0.385. The molecule has 1 rings (SSSR count). The molecule has 112 valence electrons. The predicted octanol–water partition coefficient (Wildman–Crippen LogP) is 1.91. The van der Waals surface area contributed by atoms with Crippen LogP contribution in [0.15, 0.2) is 29.4 Å². The molecule has 0 saturated carbocycles.